The molecule has 1 fully saturated rings. The Kier molecular flexibility index (Phi) is 3.96. The molecule has 1 aromatic carbocycles. The van der Waals surface area contributed by atoms with E-state index in [0.717, 1.165) is 12.8 Å². The van der Waals surface area contributed by atoms with Crippen LogP contribution in [0.15, 0.2) is 48.8 Å². The second-order valence-corrected chi connectivity index (χ2v) is 5.60. The lowest BCUT2D eigenvalue weighted by molar-refractivity contribution is -0.605. The van der Waals surface area contributed by atoms with Crippen molar-refractivity contribution in [3.8, 4) is 5.75 Å². The molecule has 0 saturated carbocycles. The van der Waals surface area contributed by atoms with Crippen LogP contribution in [-0.2, 0) is 0 Å². The fraction of sp³-hybridized carbons (Fsp3) is 0.294. The highest BCUT2D eigenvalue weighted by molar-refractivity contribution is 5.94. The first-order valence-electron chi connectivity index (χ1n) is 7.40. The molecule has 1 aromatic heterocycles. The van der Waals surface area contributed by atoms with E-state index in [-0.39, 0.29) is 11.7 Å². The van der Waals surface area contributed by atoms with Crippen molar-refractivity contribution in [3.63, 3.8) is 0 Å². The third kappa shape index (κ3) is 3.03. The number of piperidine rings is 1. The summed E-state index contributed by atoms with van der Waals surface area (Å²) in [6.45, 7) is 1.41. The number of amides is 1. The van der Waals surface area contributed by atoms with E-state index in [9.17, 15) is 15.1 Å². The SMILES string of the molecule is O=C(c1cc[n+]([O-])cc1)N1CCC(c2ccc(O)cc2)CC1. The molecule has 1 N–H and O–H groups in total. The van der Waals surface area contributed by atoms with Crippen LogP contribution in [0.4, 0.5) is 0 Å². The van der Waals surface area contributed by atoms with Crippen LogP contribution in [0.1, 0.15) is 34.7 Å². The number of likely N-dealkylation sites (tertiary alicyclic amines) is 1. The molecule has 0 spiro atoms. The van der Waals surface area contributed by atoms with E-state index >= 15 is 0 Å². The van der Waals surface area contributed by atoms with Crippen LogP contribution in [0.5, 0.6) is 5.75 Å². The molecule has 1 saturated heterocycles. The van der Waals surface area contributed by atoms with Crippen molar-refractivity contribution in [1.82, 2.24) is 4.90 Å². The molecule has 0 bridgehead atoms. The zero-order valence-corrected chi connectivity index (χ0v) is 12.2. The van der Waals surface area contributed by atoms with E-state index in [0.29, 0.717) is 29.3 Å². The Hall–Kier alpha value is -2.56. The minimum atomic E-state index is -0.0234. The zero-order valence-electron chi connectivity index (χ0n) is 12.2. The average Bonchev–Trinajstić information content (AvgIpc) is 2.56. The Balaban J connectivity index is 1.62. The van der Waals surface area contributed by atoms with E-state index < -0.39 is 0 Å². The molecule has 2 heterocycles. The van der Waals surface area contributed by atoms with Crippen molar-refractivity contribution in [2.24, 2.45) is 0 Å². The van der Waals surface area contributed by atoms with Gasteiger partial charge in [-0.2, -0.15) is 4.73 Å². The van der Waals surface area contributed by atoms with Gasteiger partial charge in [-0.15, -0.1) is 0 Å². The maximum Gasteiger partial charge on any atom is 0.254 e. The standard InChI is InChI=1S/C17H18N2O3/c20-16-3-1-13(2-4-16)14-5-9-18(10-6-14)17(21)15-7-11-19(22)12-8-15/h1-4,7-8,11-12,14,20H,5-6,9-10H2. The van der Waals surface area contributed by atoms with Gasteiger partial charge in [0, 0.05) is 25.2 Å². The van der Waals surface area contributed by atoms with E-state index in [1.807, 2.05) is 17.0 Å². The first kappa shape index (κ1) is 14.4. The van der Waals surface area contributed by atoms with Gasteiger partial charge in [0.1, 0.15) is 5.75 Å². The number of nitrogens with zero attached hydrogens (tertiary/aromatic N) is 2. The lowest BCUT2D eigenvalue weighted by Gasteiger charge is -2.32. The maximum absolute atomic E-state index is 12.4. The summed E-state index contributed by atoms with van der Waals surface area (Å²) >= 11 is 0. The number of carbonyl (C=O) groups is 1. The molecule has 1 aliphatic heterocycles. The van der Waals surface area contributed by atoms with Crippen LogP contribution in [0.25, 0.3) is 0 Å². The molecule has 0 aliphatic carbocycles. The summed E-state index contributed by atoms with van der Waals surface area (Å²) in [6.07, 6.45) is 4.50. The van der Waals surface area contributed by atoms with E-state index in [1.165, 1.54) is 18.0 Å². The third-order valence-corrected chi connectivity index (χ3v) is 4.20. The third-order valence-electron chi connectivity index (χ3n) is 4.20. The summed E-state index contributed by atoms with van der Waals surface area (Å²) in [7, 11) is 0. The van der Waals surface area contributed by atoms with Gasteiger partial charge in [0.25, 0.3) is 5.91 Å². The van der Waals surface area contributed by atoms with Crippen LogP contribution in [0.2, 0.25) is 0 Å². The van der Waals surface area contributed by atoms with E-state index in [2.05, 4.69) is 0 Å². The van der Waals surface area contributed by atoms with Gasteiger partial charge in [0.2, 0.25) is 0 Å². The summed E-state index contributed by atoms with van der Waals surface area (Å²) < 4.78 is 0.674. The second kappa shape index (κ2) is 6.05. The molecular weight excluding hydrogens is 280 g/mol. The zero-order chi connectivity index (χ0) is 15.5. The molecule has 0 radical (unpaired) electrons. The lowest BCUT2D eigenvalue weighted by atomic mass is 9.89. The normalized spacial score (nSPS) is 15.7. The van der Waals surface area contributed by atoms with Gasteiger partial charge < -0.3 is 15.2 Å². The smallest absolute Gasteiger partial charge is 0.254 e. The van der Waals surface area contributed by atoms with Crippen molar-refractivity contribution in [1.29, 1.82) is 0 Å². The number of hydrogen-bond donors (Lipinski definition) is 1. The largest absolute Gasteiger partial charge is 0.619 e. The van der Waals surface area contributed by atoms with Crippen molar-refractivity contribution in [3.05, 3.63) is 65.1 Å². The molecule has 0 atom stereocenters. The van der Waals surface area contributed by atoms with E-state index in [4.69, 9.17) is 0 Å². The number of hydrogen-bond acceptors (Lipinski definition) is 3. The average molecular weight is 298 g/mol. The highest BCUT2D eigenvalue weighted by Gasteiger charge is 2.24. The summed E-state index contributed by atoms with van der Waals surface area (Å²) in [6, 6.07) is 10.4. The van der Waals surface area contributed by atoms with Crippen molar-refractivity contribution in [2.45, 2.75) is 18.8 Å². The Morgan fingerprint density at radius 1 is 1.09 bits per heavy atom. The molecule has 22 heavy (non-hydrogen) atoms. The van der Waals surface area contributed by atoms with Gasteiger partial charge in [0.05, 0.1) is 5.56 Å². The van der Waals surface area contributed by atoms with Gasteiger partial charge in [-0.05, 0) is 36.5 Å². The highest BCUT2D eigenvalue weighted by atomic mass is 16.5. The molecular formula is C17H18N2O3. The van der Waals surface area contributed by atoms with Crippen molar-refractivity contribution in [2.75, 3.05) is 13.1 Å². The number of phenolic OH excluding ortho intramolecular Hbond substituents is 1. The van der Waals surface area contributed by atoms with Gasteiger partial charge in [-0.25, -0.2) is 0 Å². The minimum Gasteiger partial charge on any atom is -0.619 e. The summed E-state index contributed by atoms with van der Waals surface area (Å²) in [4.78, 5) is 14.2. The molecule has 5 nitrogen and oxygen atoms in total. The predicted octanol–water partition coefficient (Wildman–Crippen LogP) is 2.05. The first-order valence-corrected chi connectivity index (χ1v) is 7.40. The van der Waals surface area contributed by atoms with Gasteiger partial charge in [-0.1, -0.05) is 12.1 Å². The van der Waals surface area contributed by atoms with E-state index in [1.54, 1.807) is 24.3 Å². The fourth-order valence-electron chi connectivity index (χ4n) is 2.90. The van der Waals surface area contributed by atoms with Crippen molar-refractivity contribution >= 4 is 5.91 Å². The number of pyridine rings is 1. The summed E-state index contributed by atoms with van der Waals surface area (Å²) in [5, 5.41) is 20.4. The minimum absolute atomic E-state index is 0.0234. The molecule has 3 rings (SSSR count). The fourth-order valence-corrected chi connectivity index (χ4v) is 2.90. The lowest BCUT2D eigenvalue weighted by Crippen LogP contribution is -2.38. The topological polar surface area (TPSA) is 67.5 Å². The predicted molar refractivity (Wildman–Crippen MR) is 81.4 cm³/mol. The van der Waals surface area contributed by atoms with Crippen LogP contribution in [-0.4, -0.2) is 29.0 Å². The first-order chi connectivity index (χ1) is 10.6. The molecule has 5 heteroatoms. The van der Waals surface area contributed by atoms with Crippen LogP contribution < -0.4 is 4.73 Å². The number of aromatic nitrogens is 1. The molecule has 1 aliphatic rings. The van der Waals surface area contributed by atoms with Gasteiger partial charge in [-0.3, -0.25) is 4.79 Å². The monoisotopic (exact) mass is 298 g/mol. The van der Waals surface area contributed by atoms with Crippen molar-refractivity contribution < 1.29 is 14.6 Å². The van der Waals surface area contributed by atoms with Crippen LogP contribution >= 0.6 is 0 Å². The molecule has 2 aromatic rings. The summed E-state index contributed by atoms with van der Waals surface area (Å²) in [5.41, 5.74) is 1.76. The highest BCUT2D eigenvalue weighted by Crippen LogP contribution is 2.29. The number of rotatable bonds is 2. The Morgan fingerprint density at radius 3 is 2.27 bits per heavy atom. The van der Waals surface area contributed by atoms with Crippen LogP contribution in [0, 0.1) is 5.21 Å². The Morgan fingerprint density at radius 2 is 1.68 bits per heavy atom. The number of phenols is 1. The molecule has 1 amide bonds. The van der Waals surface area contributed by atoms with Gasteiger partial charge in [0.15, 0.2) is 12.4 Å². The quantitative estimate of drug-likeness (QED) is 0.681. The summed E-state index contributed by atoms with van der Waals surface area (Å²) in [5.74, 6) is 0.671. The molecule has 114 valence electrons. The second-order valence-electron chi connectivity index (χ2n) is 5.60. The Bertz CT molecular complexity index is 645. The van der Waals surface area contributed by atoms with Crippen LogP contribution in [0.3, 0.4) is 0 Å². The number of benzene rings is 1. The number of carbonyl (C=O) groups excluding carboxylic acids is 1. The van der Waals surface area contributed by atoms with Gasteiger partial charge >= 0.3 is 0 Å². The maximum atomic E-state index is 12.4. The number of aromatic hydroxyl groups is 1. The molecule has 0 unspecified atom stereocenters. The Labute approximate surface area is 129 Å².